The third-order valence-electron chi connectivity index (χ3n) is 3.04. The molecule has 0 spiro atoms. The normalized spacial score (nSPS) is 10.7. The van der Waals surface area contributed by atoms with Crippen molar-refractivity contribution in [1.29, 1.82) is 0 Å². The van der Waals surface area contributed by atoms with E-state index in [0.29, 0.717) is 13.1 Å². The number of hydrogen-bond acceptors (Lipinski definition) is 5. The highest BCUT2D eigenvalue weighted by Gasteiger charge is 2.14. The van der Waals surface area contributed by atoms with E-state index in [-0.39, 0.29) is 11.5 Å². The van der Waals surface area contributed by atoms with Crippen molar-refractivity contribution in [3.05, 3.63) is 38.8 Å². The standard InChI is InChI=1S/C12H18N6O2/c1-3-6-18-10(13)9(11(19)17(2)12(18)20)14-7-8-4-5-15-16-8/h4-5,14H,3,6-7,13H2,1-2H3,(H,15,16). The van der Waals surface area contributed by atoms with Crippen molar-refractivity contribution in [2.24, 2.45) is 7.05 Å². The fourth-order valence-electron chi connectivity index (χ4n) is 1.96. The molecule has 0 radical (unpaired) electrons. The van der Waals surface area contributed by atoms with Gasteiger partial charge in [0.15, 0.2) is 0 Å². The molecule has 0 unspecified atom stereocenters. The predicted molar refractivity (Wildman–Crippen MR) is 76.6 cm³/mol. The van der Waals surface area contributed by atoms with Crippen molar-refractivity contribution in [3.8, 4) is 0 Å². The lowest BCUT2D eigenvalue weighted by Gasteiger charge is -2.15. The molecule has 4 N–H and O–H groups in total. The summed E-state index contributed by atoms with van der Waals surface area (Å²) >= 11 is 0. The van der Waals surface area contributed by atoms with Crippen LogP contribution < -0.4 is 22.3 Å². The molecule has 0 aliphatic rings. The van der Waals surface area contributed by atoms with Gasteiger partial charge < -0.3 is 11.1 Å². The Morgan fingerprint density at radius 1 is 1.45 bits per heavy atom. The van der Waals surface area contributed by atoms with Gasteiger partial charge in [0.2, 0.25) is 0 Å². The monoisotopic (exact) mass is 278 g/mol. The van der Waals surface area contributed by atoms with Gasteiger partial charge in [-0.05, 0) is 12.5 Å². The molecule has 20 heavy (non-hydrogen) atoms. The number of H-pyrrole nitrogens is 1. The van der Waals surface area contributed by atoms with Crippen LogP contribution in [0.2, 0.25) is 0 Å². The summed E-state index contributed by atoms with van der Waals surface area (Å²) in [7, 11) is 1.44. The van der Waals surface area contributed by atoms with E-state index in [9.17, 15) is 9.59 Å². The molecule has 0 saturated heterocycles. The van der Waals surface area contributed by atoms with Gasteiger partial charge in [-0.1, -0.05) is 6.92 Å². The number of nitrogens with zero attached hydrogens (tertiary/aromatic N) is 3. The lowest BCUT2D eigenvalue weighted by molar-refractivity contribution is 0.600. The first-order chi connectivity index (χ1) is 9.56. The summed E-state index contributed by atoms with van der Waals surface area (Å²) in [5, 5.41) is 9.57. The quantitative estimate of drug-likeness (QED) is 0.706. The third kappa shape index (κ3) is 2.44. The zero-order chi connectivity index (χ0) is 14.7. The maximum Gasteiger partial charge on any atom is 0.332 e. The van der Waals surface area contributed by atoms with Crippen LogP contribution in [-0.4, -0.2) is 19.3 Å². The summed E-state index contributed by atoms with van der Waals surface area (Å²) in [6.45, 7) is 2.79. The van der Waals surface area contributed by atoms with Crippen LogP contribution in [0.4, 0.5) is 11.5 Å². The van der Waals surface area contributed by atoms with Gasteiger partial charge in [0.25, 0.3) is 5.56 Å². The number of nitrogens with two attached hydrogens (primary N) is 1. The van der Waals surface area contributed by atoms with Crippen LogP contribution in [0.5, 0.6) is 0 Å². The second-order valence-electron chi connectivity index (χ2n) is 4.49. The van der Waals surface area contributed by atoms with Crippen LogP contribution in [-0.2, 0) is 20.1 Å². The maximum atomic E-state index is 12.1. The van der Waals surface area contributed by atoms with Gasteiger partial charge in [-0.3, -0.25) is 19.0 Å². The smallest absolute Gasteiger partial charge is 0.332 e. The van der Waals surface area contributed by atoms with Crippen LogP contribution >= 0.6 is 0 Å². The minimum absolute atomic E-state index is 0.166. The average Bonchev–Trinajstić information content (AvgIpc) is 2.94. The number of aromatic amines is 1. The minimum atomic E-state index is -0.431. The largest absolute Gasteiger partial charge is 0.383 e. The Kier molecular flexibility index (Phi) is 3.92. The van der Waals surface area contributed by atoms with Crippen LogP contribution in [0.3, 0.4) is 0 Å². The molecule has 2 heterocycles. The molecule has 0 atom stereocenters. The predicted octanol–water partition coefficient (Wildman–Crippen LogP) is -0.126. The third-order valence-corrected chi connectivity index (χ3v) is 3.04. The van der Waals surface area contributed by atoms with E-state index in [0.717, 1.165) is 16.7 Å². The highest BCUT2D eigenvalue weighted by Crippen LogP contribution is 2.12. The minimum Gasteiger partial charge on any atom is -0.383 e. The maximum absolute atomic E-state index is 12.1. The van der Waals surface area contributed by atoms with Gasteiger partial charge in [0, 0.05) is 19.8 Å². The SMILES string of the molecule is CCCn1c(N)c(NCc2ccn[nH]2)c(=O)n(C)c1=O. The van der Waals surface area contributed by atoms with Crippen molar-refractivity contribution in [2.75, 3.05) is 11.1 Å². The van der Waals surface area contributed by atoms with Crippen molar-refractivity contribution >= 4 is 11.5 Å². The van der Waals surface area contributed by atoms with Crippen LogP contribution in [0.25, 0.3) is 0 Å². The number of rotatable bonds is 5. The summed E-state index contributed by atoms with van der Waals surface area (Å²) in [5.74, 6) is 0.166. The fraction of sp³-hybridized carbons (Fsp3) is 0.417. The number of nitrogen functional groups attached to an aromatic ring is 1. The number of hydrogen-bond donors (Lipinski definition) is 3. The Labute approximate surface area is 115 Å². The Bertz CT molecular complexity index is 698. The number of aromatic nitrogens is 4. The van der Waals surface area contributed by atoms with E-state index in [1.807, 2.05) is 6.92 Å². The molecule has 0 aromatic carbocycles. The molecule has 0 aliphatic heterocycles. The lowest BCUT2D eigenvalue weighted by Crippen LogP contribution is -2.40. The van der Waals surface area contributed by atoms with Crippen molar-refractivity contribution in [2.45, 2.75) is 26.4 Å². The molecule has 2 aromatic heterocycles. The highest BCUT2D eigenvalue weighted by molar-refractivity contribution is 5.60. The summed E-state index contributed by atoms with van der Waals surface area (Å²) < 4.78 is 2.46. The molecule has 0 fully saturated rings. The first kappa shape index (κ1) is 13.9. The molecular weight excluding hydrogens is 260 g/mol. The van der Waals surface area contributed by atoms with E-state index < -0.39 is 11.2 Å². The zero-order valence-corrected chi connectivity index (χ0v) is 11.5. The first-order valence-electron chi connectivity index (χ1n) is 6.37. The second kappa shape index (κ2) is 5.64. The van der Waals surface area contributed by atoms with E-state index in [2.05, 4.69) is 15.5 Å². The Morgan fingerprint density at radius 3 is 2.80 bits per heavy atom. The summed E-state index contributed by atoms with van der Waals surface area (Å²) in [5.41, 5.74) is 6.16. The average molecular weight is 278 g/mol. The second-order valence-corrected chi connectivity index (χ2v) is 4.49. The van der Waals surface area contributed by atoms with Crippen molar-refractivity contribution < 1.29 is 0 Å². The van der Waals surface area contributed by atoms with E-state index in [1.54, 1.807) is 12.3 Å². The van der Waals surface area contributed by atoms with Gasteiger partial charge in [0.05, 0.1) is 12.2 Å². The van der Waals surface area contributed by atoms with Crippen molar-refractivity contribution in [3.63, 3.8) is 0 Å². The molecular formula is C12H18N6O2. The first-order valence-corrected chi connectivity index (χ1v) is 6.37. The van der Waals surface area contributed by atoms with Gasteiger partial charge >= 0.3 is 5.69 Å². The van der Waals surface area contributed by atoms with Gasteiger partial charge in [0.1, 0.15) is 11.5 Å². The number of anilines is 2. The Hall–Kier alpha value is -2.51. The molecule has 8 heteroatoms. The lowest BCUT2D eigenvalue weighted by atomic mass is 10.3. The molecule has 0 bridgehead atoms. The van der Waals surface area contributed by atoms with Gasteiger partial charge in [-0.2, -0.15) is 5.10 Å². The van der Waals surface area contributed by atoms with E-state index in [1.165, 1.54) is 11.6 Å². The van der Waals surface area contributed by atoms with Crippen LogP contribution in [0.15, 0.2) is 21.9 Å². The van der Waals surface area contributed by atoms with E-state index >= 15 is 0 Å². The molecule has 8 nitrogen and oxygen atoms in total. The van der Waals surface area contributed by atoms with Crippen molar-refractivity contribution in [1.82, 2.24) is 19.3 Å². The summed E-state index contributed by atoms with van der Waals surface area (Å²) in [4.78, 5) is 24.1. The van der Waals surface area contributed by atoms with E-state index in [4.69, 9.17) is 5.73 Å². The van der Waals surface area contributed by atoms with Crippen LogP contribution in [0, 0.1) is 0 Å². The topological polar surface area (TPSA) is 111 Å². The van der Waals surface area contributed by atoms with Crippen LogP contribution in [0.1, 0.15) is 19.0 Å². The summed E-state index contributed by atoms with van der Waals surface area (Å²) in [6.07, 6.45) is 2.37. The molecule has 0 aliphatic carbocycles. The molecule has 2 aromatic rings. The van der Waals surface area contributed by atoms with Gasteiger partial charge in [-0.15, -0.1) is 0 Å². The van der Waals surface area contributed by atoms with Gasteiger partial charge in [-0.25, -0.2) is 4.79 Å². The zero-order valence-electron chi connectivity index (χ0n) is 11.5. The molecule has 108 valence electrons. The summed E-state index contributed by atoms with van der Waals surface area (Å²) in [6, 6.07) is 1.79. The Morgan fingerprint density at radius 2 is 2.20 bits per heavy atom. The fourth-order valence-corrected chi connectivity index (χ4v) is 1.96. The molecule has 0 saturated carbocycles. The molecule has 0 amide bonds. The Balaban J connectivity index is 2.41. The number of nitrogens with one attached hydrogen (secondary N) is 2. The highest BCUT2D eigenvalue weighted by atomic mass is 16.2. The molecule has 2 rings (SSSR count).